The zero-order valence-corrected chi connectivity index (χ0v) is 13.7. The molecule has 0 saturated carbocycles. The first-order valence-electron chi connectivity index (χ1n) is 8.01. The molecule has 1 N–H and O–H groups in total. The maximum atomic E-state index is 5.76. The molecule has 0 bridgehead atoms. The Hall–Kier alpha value is -3.71. The van der Waals surface area contributed by atoms with E-state index in [0.29, 0.717) is 17.2 Å². The number of nitrogens with one attached hydrogen (secondary N) is 1. The second-order valence-electron chi connectivity index (χ2n) is 5.27. The van der Waals surface area contributed by atoms with Gasteiger partial charge in [-0.25, -0.2) is 5.43 Å². The molecule has 1 heterocycles. The van der Waals surface area contributed by atoms with Crippen molar-refractivity contribution >= 4 is 6.02 Å². The Balaban J connectivity index is 1.52. The molecule has 3 aromatic carbocycles. The van der Waals surface area contributed by atoms with E-state index in [9.17, 15) is 0 Å². The molecule has 4 rings (SSSR count). The first-order chi connectivity index (χ1) is 12.9. The summed E-state index contributed by atoms with van der Waals surface area (Å²) in [6, 6.07) is 28.1. The molecule has 0 radical (unpaired) electrons. The summed E-state index contributed by atoms with van der Waals surface area (Å²) < 4.78 is 5.71. The molecule has 7 nitrogen and oxygen atoms in total. The Morgan fingerprint density at radius 3 is 1.69 bits per heavy atom. The Kier molecular flexibility index (Phi) is 4.53. The lowest BCUT2D eigenvalue weighted by Crippen LogP contribution is -2.48. The normalized spacial score (nSPS) is 13.7. The van der Waals surface area contributed by atoms with E-state index in [-0.39, 0.29) is 6.02 Å². The summed E-state index contributed by atoms with van der Waals surface area (Å²) in [5, 5.41) is 6.66. The van der Waals surface area contributed by atoms with Gasteiger partial charge in [-0.1, -0.05) is 59.7 Å². The fourth-order valence-corrected chi connectivity index (χ4v) is 2.18. The van der Waals surface area contributed by atoms with Crippen molar-refractivity contribution in [1.82, 2.24) is 16.0 Å². The molecule has 0 fully saturated rings. The highest BCUT2D eigenvalue weighted by Crippen LogP contribution is 2.18. The molecule has 1 aliphatic heterocycles. The summed E-state index contributed by atoms with van der Waals surface area (Å²) in [7, 11) is 0. The summed E-state index contributed by atoms with van der Waals surface area (Å²) in [5.41, 5.74) is 2.90. The topological polar surface area (TPSA) is 58.6 Å². The van der Waals surface area contributed by atoms with E-state index in [2.05, 4.69) is 10.5 Å². The van der Waals surface area contributed by atoms with E-state index in [4.69, 9.17) is 14.4 Å². The Bertz CT molecular complexity index is 860. The number of hydrogen-bond acceptors (Lipinski definition) is 7. The Morgan fingerprint density at radius 2 is 1.12 bits per heavy atom. The van der Waals surface area contributed by atoms with Crippen molar-refractivity contribution in [1.29, 1.82) is 0 Å². The third-order valence-electron chi connectivity index (χ3n) is 3.35. The first-order valence-corrected chi connectivity index (χ1v) is 8.01. The van der Waals surface area contributed by atoms with Crippen LogP contribution >= 0.6 is 0 Å². The van der Waals surface area contributed by atoms with E-state index >= 15 is 0 Å². The molecule has 1 aliphatic rings. The highest BCUT2D eigenvalue weighted by Gasteiger charge is 2.29. The maximum absolute atomic E-state index is 5.76. The SMILES string of the molecule is c1ccc(OC2=NN(Oc3ccccc3)N(Oc3ccccc3)N2)cc1. The number of ether oxygens (including phenoxy) is 1. The van der Waals surface area contributed by atoms with Gasteiger partial charge in [-0.05, 0) is 36.4 Å². The van der Waals surface area contributed by atoms with Gasteiger partial charge in [0.15, 0.2) is 11.5 Å². The van der Waals surface area contributed by atoms with E-state index < -0.39 is 0 Å². The van der Waals surface area contributed by atoms with Crippen LogP contribution in [0.1, 0.15) is 0 Å². The average molecular weight is 348 g/mol. The van der Waals surface area contributed by atoms with Gasteiger partial charge in [0.25, 0.3) is 0 Å². The van der Waals surface area contributed by atoms with Gasteiger partial charge in [0.1, 0.15) is 11.0 Å². The van der Waals surface area contributed by atoms with Crippen molar-refractivity contribution < 1.29 is 14.4 Å². The predicted molar refractivity (Wildman–Crippen MR) is 95.5 cm³/mol. The highest BCUT2D eigenvalue weighted by molar-refractivity contribution is 5.76. The van der Waals surface area contributed by atoms with Crippen LogP contribution in [0.4, 0.5) is 0 Å². The number of amidine groups is 1. The van der Waals surface area contributed by atoms with E-state index in [1.807, 2.05) is 91.0 Å². The largest absolute Gasteiger partial charge is 0.424 e. The van der Waals surface area contributed by atoms with Crippen LogP contribution in [-0.4, -0.2) is 16.6 Å². The summed E-state index contributed by atoms with van der Waals surface area (Å²) in [6.45, 7) is 0. The maximum Gasteiger partial charge on any atom is 0.335 e. The quantitative estimate of drug-likeness (QED) is 0.763. The number of nitrogens with zero attached hydrogens (tertiary/aromatic N) is 3. The van der Waals surface area contributed by atoms with Crippen LogP contribution < -0.4 is 19.8 Å². The van der Waals surface area contributed by atoms with Crippen molar-refractivity contribution in [2.75, 3.05) is 0 Å². The van der Waals surface area contributed by atoms with Crippen LogP contribution in [0, 0.1) is 0 Å². The number of hydrogen-bond donors (Lipinski definition) is 1. The van der Waals surface area contributed by atoms with E-state index in [1.165, 1.54) is 10.6 Å². The number of rotatable bonds is 5. The zero-order chi connectivity index (χ0) is 17.6. The molecule has 3 aromatic rings. The minimum absolute atomic E-state index is 0.211. The van der Waals surface area contributed by atoms with E-state index in [0.717, 1.165) is 0 Å². The molecule has 0 atom stereocenters. The number of benzene rings is 3. The number of para-hydroxylation sites is 3. The summed E-state index contributed by atoms with van der Waals surface area (Å²) in [6.07, 6.45) is 0. The summed E-state index contributed by atoms with van der Waals surface area (Å²) in [4.78, 5) is 11.5. The lowest BCUT2D eigenvalue weighted by Gasteiger charge is -2.23. The van der Waals surface area contributed by atoms with Crippen LogP contribution in [0.15, 0.2) is 96.1 Å². The monoisotopic (exact) mass is 348 g/mol. The van der Waals surface area contributed by atoms with Gasteiger partial charge in [0, 0.05) is 5.28 Å². The smallest absolute Gasteiger partial charge is 0.335 e. The zero-order valence-electron chi connectivity index (χ0n) is 13.7. The molecule has 130 valence electrons. The predicted octanol–water partition coefficient (Wildman–Crippen LogP) is 3.36. The van der Waals surface area contributed by atoms with Crippen molar-refractivity contribution in [3.05, 3.63) is 91.0 Å². The van der Waals surface area contributed by atoms with Crippen LogP contribution in [-0.2, 0) is 0 Å². The molecule has 26 heavy (non-hydrogen) atoms. The molecule has 0 aromatic heterocycles. The van der Waals surface area contributed by atoms with Gasteiger partial charge in [-0.3, -0.25) is 0 Å². The highest BCUT2D eigenvalue weighted by atomic mass is 16.9. The second kappa shape index (κ2) is 7.45. The van der Waals surface area contributed by atoms with Crippen molar-refractivity contribution in [2.45, 2.75) is 0 Å². The molecule has 0 saturated heterocycles. The van der Waals surface area contributed by atoms with Gasteiger partial charge >= 0.3 is 6.02 Å². The third-order valence-corrected chi connectivity index (χ3v) is 3.35. The summed E-state index contributed by atoms with van der Waals surface area (Å²) in [5.74, 6) is 1.85. The number of hydrazone groups is 1. The van der Waals surface area contributed by atoms with Crippen LogP contribution in [0.25, 0.3) is 0 Å². The van der Waals surface area contributed by atoms with Crippen molar-refractivity contribution in [3.8, 4) is 17.2 Å². The van der Waals surface area contributed by atoms with Crippen molar-refractivity contribution in [2.24, 2.45) is 5.10 Å². The molecular formula is C19H16N4O3. The van der Waals surface area contributed by atoms with Gasteiger partial charge in [-0.2, -0.15) is 0 Å². The van der Waals surface area contributed by atoms with Gasteiger partial charge in [-0.15, -0.1) is 0 Å². The lowest BCUT2D eigenvalue weighted by atomic mass is 10.3. The molecular weight excluding hydrogens is 332 g/mol. The minimum Gasteiger partial charge on any atom is -0.424 e. The fraction of sp³-hybridized carbons (Fsp3) is 0. The molecule has 0 aliphatic carbocycles. The van der Waals surface area contributed by atoms with Gasteiger partial charge in [0.2, 0.25) is 0 Å². The lowest BCUT2D eigenvalue weighted by molar-refractivity contribution is -0.338. The van der Waals surface area contributed by atoms with Gasteiger partial charge < -0.3 is 14.4 Å². The van der Waals surface area contributed by atoms with Crippen LogP contribution in [0.2, 0.25) is 0 Å². The summed E-state index contributed by atoms with van der Waals surface area (Å²) >= 11 is 0. The van der Waals surface area contributed by atoms with Crippen molar-refractivity contribution in [3.63, 3.8) is 0 Å². The Morgan fingerprint density at radius 1 is 0.615 bits per heavy atom. The van der Waals surface area contributed by atoms with E-state index in [1.54, 1.807) is 0 Å². The van der Waals surface area contributed by atoms with Crippen LogP contribution in [0.5, 0.6) is 17.2 Å². The third kappa shape index (κ3) is 3.85. The first kappa shape index (κ1) is 15.8. The molecule has 0 unspecified atom stereocenters. The number of hydrazine groups is 2. The molecule has 7 heteroatoms. The minimum atomic E-state index is 0.211. The Labute approximate surface area is 150 Å². The standard InChI is InChI=1S/C19H16N4O3/c1-4-10-16(11-5-1)24-19-20-22(25-17-12-6-2-7-13-17)23(21-19)26-18-14-8-3-9-15-18/h1-15H,(H,20,21). The fourth-order valence-electron chi connectivity index (χ4n) is 2.18. The second-order valence-corrected chi connectivity index (χ2v) is 5.27. The van der Waals surface area contributed by atoms with Crippen LogP contribution in [0.3, 0.4) is 0 Å². The molecule has 0 spiro atoms. The average Bonchev–Trinajstić information content (AvgIpc) is 3.05. The van der Waals surface area contributed by atoms with Gasteiger partial charge in [0.05, 0.1) is 0 Å². The molecule has 0 amide bonds.